The van der Waals surface area contributed by atoms with Crippen LogP contribution in [0.1, 0.15) is 0 Å². The van der Waals surface area contributed by atoms with E-state index in [1.54, 1.807) is 17.5 Å². The van der Waals surface area contributed by atoms with Gasteiger partial charge >= 0.3 is 0 Å². The quantitative estimate of drug-likeness (QED) is 0.475. The fourth-order valence-corrected chi connectivity index (χ4v) is 1.42. The van der Waals surface area contributed by atoms with Crippen molar-refractivity contribution in [1.29, 1.82) is 0 Å². The Balaban J connectivity index is 2.23. The van der Waals surface area contributed by atoms with Crippen LogP contribution < -0.4 is 10.7 Å². The van der Waals surface area contributed by atoms with Gasteiger partial charge in [0.05, 0.1) is 12.0 Å². The average molecular weight is 215 g/mol. The van der Waals surface area contributed by atoms with Crippen LogP contribution in [0.15, 0.2) is 48.1 Å². The van der Waals surface area contributed by atoms with Crippen molar-refractivity contribution >= 4 is 12.0 Å². The van der Waals surface area contributed by atoms with E-state index in [2.05, 4.69) is 10.1 Å². The maximum absolute atomic E-state index is 5.23. The summed E-state index contributed by atoms with van der Waals surface area (Å²) in [5, 5.41) is 5.66. The second-order valence-corrected chi connectivity index (χ2v) is 3.27. The Hall–Kier alpha value is -2.30. The lowest BCUT2D eigenvalue weighted by Crippen LogP contribution is -2.10. The van der Waals surface area contributed by atoms with Crippen molar-refractivity contribution in [2.75, 3.05) is 12.1 Å². The number of aromatic nitrogens is 2. The Morgan fingerprint density at radius 1 is 1.38 bits per heavy atom. The minimum Gasteiger partial charge on any atom is -0.388 e. The smallest absolute Gasteiger partial charge is 0.106 e. The molecule has 0 unspecified atom stereocenters. The maximum Gasteiger partial charge on any atom is 0.106 e. The van der Waals surface area contributed by atoms with E-state index >= 15 is 0 Å². The highest BCUT2D eigenvalue weighted by molar-refractivity contribution is 5.56. The fourth-order valence-electron chi connectivity index (χ4n) is 1.42. The van der Waals surface area contributed by atoms with Gasteiger partial charge in [0.1, 0.15) is 6.34 Å². The third kappa shape index (κ3) is 2.03. The van der Waals surface area contributed by atoms with Gasteiger partial charge in [0, 0.05) is 25.1 Å². The minimum atomic E-state index is 0.977. The summed E-state index contributed by atoms with van der Waals surface area (Å²) in [5.41, 5.74) is 7.27. The van der Waals surface area contributed by atoms with Gasteiger partial charge in [-0.25, -0.2) is 4.98 Å². The topological polar surface area (TPSA) is 59.4 Å². The predicted molar refractivity (Wildman–Crippen MR) is 64.6 cm³/mol. The molecule has 0 aliphatic heterocycles. The lowest BCUT2D eigenvalue weighted by Gasteiger charge is -2.12. The zero-order chi connectivity index (χ0) is 11.4. The molecule has 0 amide bonds. The number of anilines is 1. The molecular formula is C11H13N5. The number of hydrogen-bond donors (Lipinski definition) is 1. The van der Waals surface area contributed by atoms with Gasteiger partial charge in [-0.05, 0) is 24.3 Å². The lowest BCUT2D eigenvalue weighted by atomic mass is 10.3. The molecule has 0 atom stereocenters. The van der Waals surface area contributed by atoms with Crippen molar-refractivity contribution in [3.8, 4) is 5.69 Å². The summed E-state index contributed by atoms with van der Waals surface area (Å²) in [6.07, 6.45) is 6.68. The van der Waals surface area contributed by atoms with E-state index in [-0.39, 0.29) is 0 Å². The highest BCUT2D eigenvalue weighted by Gasteiger charge is 1.99. The first kappa shape index (κ1) is 10.2. The van der Waals surface area contributed by atoms with Crippen LogP contribution >= 0.6 is 0 Å². The van der Waals surface area contributed by atoms with Crippen molar-refractivity contribution in [3.63, 3.8) is 0 Å². The molecule has 0 saturated carbocycles. The first-order valence-corrected chi connectivity index (χ1v) is 4.87. The summed E-state index contributed by atoms with van der Waals surface area (Å²) in [7, 11) is 1.84. The van der Waals surface area contributed by atoms with Crippen LogP contribution in [0.25, 0.3) is 5.69 Å². The SMILES string of the molecule is CN(/N=C\N)c1ccc(-n2ccnc2)cc1. The van der Waals surface area contributed by atoms with Crippen LogP contribution in [0.3, 0.4) is 0 Å². The summed E-state index contributed by atoms with van der Waals surface area (Å²) in [5.74, 6) is 0. The van der Waals surface area contributed by atoms with E-state index in [1.165, 1.54) is 6.34 Å². The molecule has 5 nitrogen and oxygen atoms in total. The second-order valence-electron chi connectivity index (χ2n) is 3.27. The molecule has 16 heavy (non-hydrogen) atoms. The molecule has 0 saturated heterocycles. The van der Waals surface area contributed by atoms with Gasteiger partial charge in [-0.2, -0.15) is 5.10 Å². The Morgan fingerprint density at radius 3 is 2.69 bits per heavy atom. The molecular weight excluding hydrogens is 202 g/mol. The molecule has 82 valence electrons. The van der Waals surface area contributed by atoms with Gasteiger partial charge < -0.3 is 10.3 Å². The van der Waals surface area contributed by atoms with Gasteiger partial charge in [-0.1, -0.05) is 0 Å². The van der Waals surface area contributed by atoms with E-state index in [0.29, 0.717) is 0 Å². The first-order valence-electron chi connectivity index (χ1n) is 4.87. The van der Waals surface area contributed by atoms with E-state index in [9.17, 15) is 0 Å². The molecule has 5 heteroatoms. The van der Waals surface area contributed by atoms with Crippen molar-refractivity contribution in [3.05, 3.63) is 43.0 Å². The first-order chi connectivity index (χ1) is 7.81. The van der Waals surface area contributed by atoms with Gasteiger partial charge in [-0.15, -0.1) is 0 Å². The van der Waals surface area contributed by atoms with Gasteiger partial charge in [0.25, 0.3) is 0 Å². The Labute approximate surface area is 93.8 Å². The number of hydrazone groups is 1. The van der Waals surface area contributed by atoms with Crippen molar-refractivity contribution in [1.82, 2.24) is 9.55 Å². The van der Waals surface area contributed by atoms with Crippen LogP contribution in [0, 0.1) is 0 Å². The van der Waals surface area contributed by atoms with Crippen LogP contribution in [-0.4, -0.2) is 22.9 Å². The molecule has 1 aromatic heterocycles. The monoisotopic (exact) mass is 215 g/mol. The summed E-state index contributed by atoms with van der Waals surface area (Å²) >= 11 is 0. The molecule has 0 aliphatic rings. The number of nitrogens with zero attached hydrogens (tertiary/aromatic N) is 4. The third-order valence-electron chi connectivity index (χ3n) is 2.27. The second kappa shape index (κ2) is 4.48. The predicted octanol–water partition coefficient (Wildman–Crippen LogP) is 1.21. The van der Waals surface area contributed by atoms with E-state index in [0.717, 1.165) is 11.4 Å². The molecule has 2 N–H and O–H groups in total. The summed E-state index contributed by atoms with van der Waals surface area (Å²) in [6, 6.07) is 7.95. The van der Waals surface area contributed by atoms with Crippen molar-refractivity contribution in [2.45, 2.75) is 0 Å². The van der Waals surface area contributed by atoms with E-state index in [1.807, 2.05) is 42.1 Å². The maximum atomic E-state index is 5.23. The Bertz CT molecular complexity index is 458. The van der Waals surface area contributed by atoms with E-state index < -0.39 is 0 Å². The number of rotatable bonds is 3. The largest absolute Gasteiger partial charge is 0.388 e. The zero-order valence-electron chi connectivity index (χ0n) is 8.99. The molecule has 1 heterocycles. The zero-order valence-corrected chi connectivity index (χ0v) is 8.99. The molecule has 2 rings (SSSR count). The van der Waals surface area contributed by atoms with Crippen molar-refractivity contribution < 1.29 is 0 Å². The molecule has 2 aromatic rings. The van der Waals surface area contributed by atoms with Crippen LogP contribution in [0.5, 0.6) is 0 Å². The normalized spacial score (nSPS) is 10.8. The van der Waals surface area contributed by atoms with Gasteiger partial charge in [0.15, 0.2) is 0 Å². The highest BCUT2D eigenvalue weighted by Crippen LogP contribution is 2.16. The molecule has 0 radical (unpaired) electrons. The van der Waals surface area contributed by atoms with Crippen LogP contribution in [0.4, 0.5) is 5.69 Å². The third-order valence-corrected chi connectivity index (χ3v) is 2.27. The summed E-state index contributed by atoms with van der Waals surface area (Å²) in [6.45, 7) is 0. The number of nitrogens with two attached hydrogens (primary N) is 1. The number of benzene rings is 1. The minimum absolute atomic E-state index is 0.977. The fraction of sp³-hybridized carbons (Fsp3) is 0.0909. The number of hydrogen-bond acceptors (Lipinski definition) is 3. The number of imidazole rings is 1. The highest BCUT2D eigenvalue weighted by atomic mass is 15.4. The average Bonchev–Trinajstić information content (AvgIpc) is 2.83. The standard InChI is InChI=1S/C11H13N5/c1-15(14-8-12)10-2-4-11(5-3-10)16-7-6-13-9-16/h2-9H,1H3,(H2,12,14). The molecule has 0 spiro atoms. The van der Waals surface area contributed by atoms with Gasteiger partial charge in [-0.3, -0.25) is 5.01 Å². The lowest BCUT2D eigenvalue weighted by molar-refractivity contribution is 1.01. The van der Waals surface area contributed by atoms with E-state index in [4.69, 9.17) is 5.73 Å². The molecule has 1 aromatic carbocycles. The van der Waals surface area contributed by atoms with Gasteiger partial charge in [0.2, 0.25) is 0 Å². The summed E-state index contributed by atoms with van der Waals surface area (Å²) in [4.78, 5) is 4.00. The molecule has 0 fully saturated rings. The Kier molecular flexibility index (Phi) is 2.86. The van der Waals surface area contributed by atoms with Crippen LogP contribution in [0.2, 0.25) is 0 Å². The molecule has 0 aliphatic carbocycles. The van der Waals surface area contributed by atoms with Crippen LogP contribution in [-0.2, 0) is 0 Å². The summed E-state index contributed by atoms with van der Waals surface area (Å²) < 4.78 is 1.94. The molecule has 0 bridgehead atoms. The Morgan fingerprint density at radius 2 is 2.12 bits per heavy atom. The van der Waals surface area contributed by atoms with Crippen molar-refractivity contribution in [2.24, 2.45) is 10.8 Å².